The fourth-order valence-electron chi connectivity index (χ4n) is 3.73. The van der Waals surface area contributed by atoms with E-state index in [9.17, 15) is 19.5 Å². The third-order valence-corrected chi connectivity index (χ3v) is 6.59. The van der Waals surface area contributed by atoms with Crippen LogP contribution in [0.5, 0.6) is 0 Å². The molecule has 3 amide bonds. The number of nitrogens with one attached hydrogen (secondary N) is 1. The highest BCUT2D eigenvalue weighted by molar-refractivity contribution is 7.98. The van der Waals surface area contributed by atoms with Gasteiger partial charge in [0.05, 0.1) is 6.54 Å². The largest absolute Gasteiger partial charge is 0.480 e. The third-order valence-electron chi connectivity index (χ3n) is 5.48. The summed E-state index contributed by atoms with van der Waals surface area (Å²) in [7, 11) is 0. The number of hydrogen-bond donors (Lipinski definition) is 2. The van der Waals surface area contributed by atoms with Crippen LogP contribution in [0.2, 0.25) is 0 Å². The molecule has 36 heavy (non-hydrogen) atoms. The second-order valence-electron chi connectivity index (χ2n) is 9.02. The Labute approximate surface area is 216 Å². The van der Waals surface area contributed by atoms with E-state index in [4.69, 9.17) is 0 Å². The summed E-state index contributed by atoms with van der Waals surface area (Å²) >= 11 is 1.41. The van der Waals surface area contributed by atoms with E-state index in [1.54, 1.807) is 12.1 Å². The topological polar surface area (TPSA) is 86.7 Å². The lowest BCUT2D eigenvalue weighted by Crippen LogP contribution is -2.50. The summed E-state index contributed by atoms with van der Waals surface area (Å²) in [6, 6.07) is 24.3. The van der Waals surface area contributed by atoms with Crippen molar-refractivity contribution in [1.82, 2.24) is 10.2 Å². The summed E-state index contributed by atoms with van der Waals surface area (Å²) in [5.41, 5.74) is 3.24. The summed E-state index contributed by atoms with van der Waals surface area (Å²) in [6.07, 6.45) is 0.811. The van der Waals surface area contributed by atoms with Gasteiger partial charge >= 0.3 is 12.0 Å². The molecule has 0 saturated carbocycles. The van der Waals surface area contributed by atoms with Crippen molar-refractivity contribution in [3.8, 4) is 0 Å². The first-order valence-corrected chi connectivity index (χ1v) is 13.1. The van der Waals surface area contributed by atoms with Gasteiger partial charge in [-0.25, -0.2) is 9.59 Å². The second kappa shape index (κ2) is 13.5. The summed E-state index contributed by atoms with van der Waals surface area (Å²) in [5, 5.41) is 12.3. The van der Waals surface area contributed by atoms with E-state index in [1.165, 1.54) is 11.8 Å². The van der Waals surface area contributed by atoms with Crippen molar-refractivity contribution in [2.45, 2.75) is 38.6 Å². The molecule has 0 heterocycles. The Kier molecular flexibility index (Phi) is 10.1. The smallest absolute Gasteiger partial charge is 0.327 e. The molecule has 0 radical (unpaired) electrons. The summed E-state index contributed by atoms with van der Waals surface area (Å²) in [4.78, 5) is 39.8. The number of carboxylic acids is 1. The molecule has 0 aromatic heterocycles. The molecule has 7 heteroatoms. The van der Waals surface area contributed by atoms with Gasteiger partial charge in [0, 0.05) is 17.1 Å². The van der Waals surface area contributed by atoms with Crippen molar-refractivity contribution in [3.63, 3.8) is 0 Å². The van der Waals surface area contributed by atoms with Crippen molar-refractivity contribution >= 4 is 29.7 Å². The monoisotopic (exact) mass is 504 g/mol. The predicted octanol–water partition coefficient (Wildman–Crippen LogP) is 5.62. The lowest BCUT2D eigenvalue weighted by Gasteiger charge is -2.24. The molecule has 3 aromatic rings. The molecule has 0 fully saturated rings. The molecule has 0 unspecified atom stereocenters. The van der Waals surface area contributed by atoms with Gasteiger partial charge in [0.2, 0.25) is 0 Å². The van der Waals surface area contributed by atoms with E-state index in [1.807, 2.05) is 72.8 Å². The van der Waals surface area contributed by atoms with Crippen LogP contribution in [0.1, 0.15) is 40.9 Å². The number of benzene rings is 3. The molecule has 0 saturated heterocycles. The van der Waals surface area contributed by atoms with Gasteiger partial charge < -0.3 is 10.4 Å². The number of carboxylic acid groups (broad SMARTS) is 1. The van der Waals surface area contributed by atoms with Gasteiger partial charge in [0.15, 0.2) is 0 Å². The Balaban J connectivity index is 1.77. The first kappa shape index (κ1) is 27.0. The predicted molar refractivity (Wildman–Crippen MR) is 144 cm³/mol. The number of thioether (sulfide) groups is 1. The molecular weight excluding hydrogens is 472 g/mol. The Hall–Kier alpha value is -3.58. The molecule has 1 atom stereocenters. The van der Waals surface area contributed by atoms with E-state index >= 15 is 0 Å². The minimum absolute atomic E-state index is 0.0312. The van der Waals surface area contributed by atoms with Crippen molar-refractivity contribution in [2.24, 2.45) is 5.92 Å². The van der Waals surface area contributed by atoms with Gasteiger partial charge in [-0.1, -0.05) is 86.6 Å². The normalized spacial score (nSPS) is 11.6. The van der Waals surface area contributed by atoms with Crippen LogP contribution in [0.3, 0.4) is 0 Å². The Morgan fingerprint density at radius 2 is 1.47 bits per heavy atom. The molecule has 0 bridgehead atoms. The second-order valence-corrected chi connectivity index (χ2v) is 10.0. The van der Waals surface area contributed by atoms with Gasteiger partial charge in [0.1, 0.15) is 6.04 Å². The van der Waals surface area contributed by atoms with Crippen LogP contribution in [0.15, 0.2) is 84.9 Å². The highest BCUT2D eigenvalue weighted by Gasteiger charge is 2.28. The SMILES string of the molecule is CC(C)Cc1cccc(C(=O)N(Cc2ccccc2)C(=O)N[C@@H](CSCc2ccccc2)C(=O)O)c1. The van der Waals surface area contributed by atoms with Crippen molar-refractivity contribution < 1.29 is 19.5 Å². The third kappa shape index (κ3) is 8.27. The molecule has 6 nitrogen and oxygen atoms in total. The van der Waals surface area contributed by atoms with E-state index in [0.717, 1.165) is 28.0 Å². The summed E-state index contributed by atoms with van der Waals surface area (Å²) in [5.74, 6) is -0.398. The highest BCUT2D eigenvalue weighted by atomic mass is 32.2. The van der Waals surface area contributed by atoms with Gasteiger partial charge in [-0.05, 0) is 41.2 Å². The zero-order chi connectivity index (χ0) is 25.9. The number of imide groups is 1. The Morgan fingerprint density at radius 3 is 2.08 bits per heavy atom. The average molecular weight is 505 g/mol. The highest BCUT2D eigenvalue weighted by Crippen LogP contribution is 2.17. The summed E-state index contributed by atoms with van der Waals surface area (Å²) < 4.78 is 0. The Bertz CT molecular complexity index is 1150. The van der Waals surface area contributed by atoms with E-state index in [-0.39, 0.29) is 12.3 Å². The maximum absolute atomic E-state index is 13.5. The lowest BCUT2D eigenvalue weighted by atomic mass is 10.0. The molecular formula is C29H32N2O4S. The zero-order valence-electron chi connectivity index (χ0n) is 20.6. The van der Waals surface area contributed by atoms with Crippen LogP contribution in [0, 0.1) is 5.92 Å². The van der Waals surface area contributed by atoms with Crippen LogP contribution < -0.4 is 5.32 Å². The molecule has 3 rings (SSSR count). The fraction of sp³-hybridized carbons (Fsp3) is 0.276. The zero-order valence-corrected chi connectivity index (χ0v) is 21.4. The number of urea groups is 1. The van der Waals surface area contributed by atoms with E-state index in [0.29, 0.717) is 17.2 Å². The van der Waals surface area contributed by atoms with Gasteiger partial charge in [0.25, 0.3) is 5.91 Å². The number of rotatable bonds is 11. The molecule has 188 valence electrons. The molecule has 2 N–H and O–H groups in total. The molecule has 0 aliphatic heterocycles. The van der Waals surface area contributed by atoms with E-state index in [2.05, 4.69) is 19.2 Å². The van der Waals surface area contributed by atoms with Crippen molar-refractivity contribution in [2.75, 3.05) is 5.75 Å². The first-order chi connectivity index (χ1) is 17.3. The van der Waals surface area contributed by atoms with Gasteiger partial charge in [-0.2, -0.15) is 11.8 Å². The van der Waals surface area contributed by atoms with Crippen LogP contribution >= 0.6 is 11.8 Å². The number of nitrogens with zero attached hydrogens (tertiary/aromatic N) is 1. The fourth-order valence-corrected chi connectivity index (χ4v) is 4.74. The lowest BCUT2D eigenvalue weighted by molar-refractivity contribution is -0.138. The quantitative estimate of drug-likeness (QED) is 0.354. The number of carbonyl (C=O) groups is 3. The minimum Gasteiger partial charge on any atom is -0.480 e. The molecule has 0 aliphatic carbocycles. The number of aliphatic carboxylic acids is 1. The first-order valence-electron chi connectivity index (χ1n) is 11.9. The van der Waals surface area contributed by atoms with Gasteiger partial charge in [-0.3, -0.25) is 9.69 Å². The van der Waals surface area contributed by atoms with Crippen LogP contribution in [0.25, 0.3) is 0 Å². The minimum atomic E-state index is -1.14. The number of hydrogen-bond acceptors (Lipinski definition) is 4. The molecule has 0 aliphatic rings. The Morgan fingerprint density at radius 1 is 0.861 bits per heavy atom. The van der Waals surface area contributed by atoms with Gasteiger partial charge in [-0.15, -0.1) is 0 Å². The molecule has 0 spiro atoms. The van der Waals surface area contributed by atoms with Crippen LogP contribution in [-0.2, 0) is 23.5 Å². The van der Waals surface area contributed by atoms with Crippen LogP contribution in [0.4, 0.5) is 4.79 Å². The molecule has 3 aromatic carbocycles. The number of amides is 3. The average Bonchev–Trinajstić information content (AvgIpc) is 2.87. The summed E-state index contributed by atoms with van der Waals surface area (Å²) in [6.45, 7) is 4.24. The number of carbonyl (C=O) groups excluding carboxylic acids is 2. The standard InChI is InChI=1S/C29H32N2O4S/c1-21(2)16-24-14-9-15-25(17-24)27(32)31(18-22-10-5-3-6-11-22)29(35)30-26(28(33)34)20-36-19-23-12-7-4-8-13-23/h3-15,17,21,26H,16,18-20H2,1-2H3,(H,30,35)(H,33,34)/t26-/m0/s1. The maximum atomic E-state index is 13.5. The van der Waals surface area contributed by atoms with Crippen molar-refractivity contribution in [1.29, 1.82) is 0 Å². The van der Waals surface area contributed by atoms with Crippen molar-refractivity contribution in [3.05, 3.63) is 107 Å². The van der Waals surface area contributed by atoms with E-state index < -0.39 is 23.9 Å². The van der Waals surface area contributed by atoms with Crippen LogP contribution in [-0.4, -0.2) is 39.7 Å². The maximum Gasteiger partial charge on any atom is 0.327 e.